The van der Waals surface area contributed by atoms with Crippen LogP contribution >= 0.6 is 0 Å². The van der Waals surface area contributed by atoms with Gasteiger partial charge in [-0.25, -0.2) is 9.97 Å². The maximum atomic E-state index is 5.15. The number of aromatic nitrogens is 6. The van der Waals surface area contributed by atoms with E-state index in [0.29, 0.717) is 11.8 Å². The molecule has 0 N–H and O–H groups in total. The van der Waals surface area contributed by atoms with Crippen molar-refractivity contribution in [1.29, 1.82) is 0 Å². The smallest absolute Gasteiger partial charge is 0.113 e. The van der Waals surface area contributed by atoms with Crippen molar-refractivity contribution < 1.29 is 0 Å². The number of rotatable bonds is 2. The Balaban J connectivity index is 1.37. The molecule has 2 aromatic carbocycles. The van der Waals surface area contributed by atoms with E-state index in [9.17, 15) is 0 Å². The lowest BCUT2D eigenvalue weighted by Crippen LogP contribution is -2.26. The van der Waals surface area contributed by atoms with E-state index in [1.807, 2.05) is 24.5 Å². The van der Waals surface area contributed by atoms with Crippen molar-refractivity contribution in [2.75, 3.05) is 0 Å². The number of hydrogen-bond acceptors (Lipinski definition) is 4. The van der Waals surface area contributed by atoms with Crippen LogP contribution in [0.15, 0.2) is 60.9 Å². The number of pyridine rings is 2. The molecule has 7 rings (SSSR count). The zero-order valence-corrected chi connectivity index (χ0v) is 18.0. The molecule has 6 nitrogen and oxygen atoms in total. The summed E-state index contributed by atoms with van der Waals surface area (Å²) >= 11 is 0. The third-order valence-electron chi connectivity index (χ3n) is 7.27. The van der Waals surface area contributed by atoms with Crippen LogP contribution in [0, 0.1) is 0 Å². The van der Waals surface area contributed by atoms with Gasteiger partial charge in [-0.15, -0.1) is 0 Å². The van der Waals surface area contributed by atoms with Crippen molar-refractivity contribution >= 4 is 43.9 Å². The van der Waals surface area contributed by atoms with E-state index < -0.39 is 0 Å². The molecule has 1 fully saturated rings. The largest absolute Gasteiger partial charge is 0.331 e. The van der Waals surface area contributed by atoms with Crippen LogP contribution < -0.4 is 0 Å². The summed E-state index contributed by atoms with van der Waals surface area (Å²) in [6, 6.07) is 16.7. The van der Waals surface area contributed by atoms with Crippen LogP contribution in [0.25, 0.3) is 43.9 Å². The van der Waals surface area contributed by atoms with E-state index in [-0.39, 0.29) is 0 Å². The number of nitrogens with zero attached hydrogens (tertiary/aromatic N) is 6. The summed E-state index contributed by atoms with van der Waals surface area (Å²) in [5.74, 6) is 3.01. The second-order valence-electron chi connectivity index (χ2n) is 8.86. The molecule has 6 heteroatoms. The van der Waals surface area contributed by atoms with Crippen molar-refractivity contribution in [3.05, 3.63) is 72.6 Å². The van der Waals surface area contributed by atoms with Crippen molar-refractivity contribution in [3.63, 3.8) is 0 Å². The van der Waals surface area contributed by atoms with Gasteiger partial charge in [0.1, 0.15) is 11.6 Å². The van der Waals surface area contributed by atoms with Gasteiger partial charge in [-0.1, -0.05) is 0 Å². The third kappa shape index (κ3) is 2.29. The average molecular weight is 419 g/mol. The first-order chi connectivity index (χ1) is 15.7. The van der Waals surface area contributed by atoms with Gasteiger partial charge in [0.25, 0.3) is 0 Å². The van der Waals surface area contributed by atoms with Gasteiger partial charge in [-0.3, -0.25) is 9.97 Å². The van der Waals surface area contributed by atoms with Crippen LogP contribution in [0.5, 0.6) is 0 Å². The van der Waals surface area contributed by atoms with Crippen molar-refractivity contribution in [2.45, 2.75) is 24.7 Å². The molecule has 0 saturated heterocycles. The highest BCUT2D eigenvalue weighted by Gasteiger charge is 2.39. The van der Waals surface area contributed by atoms with Crippen LogP contribution in [0.1, 0.15) is 36.3 Å². The number of fused-ring (bicyclic) bond motifs is 6. The van der Waals surface area contributed by atoms with Gasteiger partial charge in [0.2, 0.25) is 0 Å². The summed E-state index contributed by atoms with van der Waals surface area (Å²) in [7, 11) is 4.27. The molecule has 2 unspecified atom stereocenters. The lowest BCUT2D eigenvalue weighted by Gasteiger charge is -2.35. The van der Waals surface area contributed by atoms with Gasteiger partial charge in [-0.05, 0) is 61.4 Å². The third-order valence-corrected chi connectivity index (χ3v) is 7.27. The van der Waals surface area contributed by atoms with E-state index in [4.69, 9.17) is 9.97 Å². The quantitative estimate of drug-likeness (QED) is 0.387. The molecule has 2 atom stereocenters. The Hall–Kier alpha value is -3.80. The fourth-order valence-corrected chi connectivity index (χ4v) is 5.43. The molecule has 0 bridgehead atoms. The van der Waals surface area contributed by atoms with Crippen LogP contribution in [0.3, 0.4) is 0 Å². The van der Waals surface area contributed by atoms with Crippen molar-refractivity contribution in [2.24, 2.45) is 14.1 Å². The molecule has 1 aliphatic rings. The van der Waals surface area contributed by atoms with Crippen molar-refractivity contribution in [3.8, 4) is 0 Å². The Labute approximate surface area is 184 Å². The molecule has 1 aliphatic carbocycles. The van der Waals surface area contributed by atoms with E-state index >= 15 is 0 Å². The molecule has 4 aromatic heterocycles. The van der Waals surface area contributed by atoms with E-state index in [1.165, 1.54) is 0 Å². The highest BCUT2D eigenvalue weighted by Crippen LogP contribution is 2.49. The van der Waals surface area contributed by atoms with Gasteiger partial charge >= 0.3 is 0 Å². The maximum absolute atomic E-state index is 5.15. The average Bonchev–Trinajstić information content (AvgIpc) is 3.31. The number of imidazole rings is 2. The molecule has 6 aromatic rings. The van der Waals surface area contributed by atoms with E-state index in [1.54, 1.807) is 0 Å². The number of hydrogen-bond donors (Lipinski definition) is 0. The Morgan fingerprint density at radius 2 is 1.12 bits per heavy atom. The van der Waals surface area contributed by atoms with Gasteiger partial charge < -0.3 is 9.13 Å². The predicted molar refractivity (Wildman–Crippen MR) is 127 cm³/mol. The van der Waals surface area contributed by atoms with Crippen molar-refractivity contribution in [1.82, 2.24) is 29.1 Å². The minimum absolute atomic E-state index is 0.360. The minimum atomic E-state index is 0.360. The predicted octanol–water partition coefficient (Wildman–Crippen LogP) is 5.22. The molecule has 0 amide bonds. The van der Waals surface area contributed by atoms with Gasteiger partial charge in [0.15, 0.2) is 0 Å². The highest BCUT2D eigenvalue weighted by atomic mass is 15.1. The number of benzene rings is 2. The SMILES string of the molecule is Cn1c(C2CCC2c2nc3c4cccnc4ccc3n2C)nc2c3cccnc3ccc21. The topological polar surface area (TPSA) is 61.4 Å². The van der Waals surface area contributed by atoms with Gasteiger partial charge in [0, 0.05) is 49.1 Å². The fourth-order valence-electron chi connectivity index (χ4n) is 5.43. The Morgan fingerprint density at radius 3 is 1.56 bits per heavy atom. The van der Waals surface area contributed by atoms with Gasteiger partial charge in [-0.2, -0.15) is 0 Å². The Kier molecular flexibility index (Phi) is 3.54. The summed E-state index contributed by atoms with van der Waals surface area (Å²) < 4.78 is 4.53. The summed E-state index contributed by atoms with van der Waals surface area (Å²) in [6.07, 6.45) is 5.93. The lowest BCUT2D eigenvalue weighted by atomic mass is 9.72. The molecule has 32 heavy (non-hydrogen) atoms. The van der Waals surface area contributed by atoms with E-state index in [0.717, 1.165) is 68.4 Å². The zero-order valence-electron chi connectivity index (χ0n) is 18.0. The monoisotopic (exact) mass is 418 g/mol. The summed E-state index contributed by atoms with van der Waals surface area (Å²) in [6.45, 7) is 0. The van der Waals surface area contributed by atoms with Crippen LogP contribution in [-0.4, -0.2) is 29.1 Å². The standard InChI is InChI=1S/C26H22N6/c1-31-21-11-9-19-17(5-3-13-27-19)23(21)29-25(31)15-7-8-16(15)26-30-24-18-6-4-14-28-20(18)10-12-22(24)32(26)2/h3-6,9-16H,7-8H2,1-2H3. The molecular weight excluding hydrogens is 396 g/mol. The normalized spacial score (nSPS) is 18.7. The lowest BCUT2D eigenvalue weighted by molar-refractivity contribution is 0.310. The summed E-state index contributed by atoms with van der Waals surface area (Å²) in [5.41, 5.74) is 6.39. The molecule has 0 radical (unpaired) electrons. The molecular formula is C26H22N6. The van der Waals surface area contributed by atoms with E-state index in [2.05, 4.69) is 69.6 Å². The zero-order chi connectivity index (χ0) is 21.4. The molecule has 0 aliphatic heterocycles. The van der Waals surface area contributed by atoms with Crippen LogP contribution in [-0.2, 0) is 14.1 Å². The maximum Gasteiger partial charge on any atom is 0.113 e. The molecule has 156 valence electrons. The fraction of sp³-hybridized carbons (Fsp3) is 0.231. The molecule has 0 spiro atoms. The van der Waals surface area contributed by atoms with Crippen LogP contribution in [0.4, 0.5) is 0 Å². The first-order valence-electron chi connectivity index (χ1n) is 11.1. The molecule has 4 heterocycles. The Morgan fingerprint density at radius 1 is 0.656 bits per heavy atom. The highest BCUT2D eigenvalue weighted by molar-refractivity contribution is 6.03. The second-order valence-corrected chi connectivity index (χ2v) is 8.86. The van der Waals surface area contributed by atoms with Gasteiger partial charge in [0.05, 0.1) is 33.1 Å². The summed E-state index contributed by atoms with van der Waals surface area (Å²) in [4.78, 5) is 19.3. The first kappa shape index (κ1) is 17.8. The minimum Gasteiger partial charge on any atom is -0.331 e. The van der Waals surface area contributed by atoms with Crippen LogP contribution in [0.2, 0.25) is 0 Å². The first-order valence-corrected chi connectivity index (χ1v) is 11.1. The molecule has 1 saturated carbocycles. The number of aryl methyl sites for hydroxylation is 2. The second kappa shape index (κ2) is 6.36. The summed E-state index contributed by atoms with van der Waals surface area (Å²) in [5, 5.41) is 2.23. The Bertz CT molecular complexity index is 1550.